The summed E-state index contributed by atoms with van der Waals surface area (Å²) in [6.45, 7) is 1.94. The third kappa shape index (κ3) is 3.37. The van der Waals surface area contributed by atoms with Crippen molar-refractivity contribution >= 4 is 15.7 Å². The van der Waals surface area contributed by atoms with E-state index in [1.54, 1.807) is 24.3 Å². The van der Waals surface area contributed by atoms with Gasteiger partial charge in [-0.3, -0.25) is 4.72 Å². The van der Waals surface area contributed by atoms with E-state index in [4.69, 9.17) is 5.26 Å². The van der Waals surface area contributed by atoms with Gasteiger partial charge in [0.2, 0.25) is 0 Å². The predicted molar refractivity (Wildman–Crippen MR) is 77.7 cm³/mol. The molecule has 0 atom stereocenters. The smallest absolute Gasteiger partial charge is 0.261 e. The maximum atomic E-state index is 12.2. The van der Waals surface area contributed by atoms with Crippen molar-refractivity contribution in [3.63, 3.8) is 0 Å². The van der Waals surface area contributed by atoms with Crippen LogP contribution in [0.25, 0.3) is 0 Å². The van der Waals surface area contributed by atoms with E-state index in [-0.39, 0.29) is 11.3 Å². The zero-order valence-corrected chi connectivity index (χ0v) is 11.8. The molecule has 0 aliphatic carbocycles. The van der Waals surface area contributed by atoms with Crippen molar-refractivity contribution in [3.05, 3.63) is 59.7 Å². The monoisotopic (exact) mass is 286 g/mol. The molecule has 0 aliphatic heterocycles. The molecule has 2 aromatic rings. The summed E-state index contributed by atoms with van der Waals surface area (Å²) in [6.07, 6.45) is 0.270. The van der Waals surface area contributed by atoms with Crippen LogP contribution in [0.2, 0.25) is 0 Å². The Morgan fingerprint density at radius 3 is 2.20 bits per heavy atom. The van der Waals surface area contributed by atoms with E-state index >= 15 is 0 Å². The van der Waals surface area contributed by atoms with Crippen molar-refractivity contribution in [2.45, 2.75) is 18.2 Å². The lowest BCUT2D eigenvalue weighted by atomic mass is 10.2. The second-order valence-electron chi connectivity index (χ2n) is 4.45. The molecule has 0 saturated heterocycles. The van der Waals surface area contributed by atoms with E-state index < -0.39 is 10.0 Å². The van der Waals surface area contributed by atoms with Crippen molar-refractivity contribution in [3.8, 4) is 6.07 Å². The molecule has 0 aliphatic rings. The van der Waals surface area contributed by atoms with Gasteiger partial charge in [-0.15, -0.1) is 0 Å². The summed E-state index contributed by atoms with van der Waals surface area (Å²) in [5.41, 5.74) is 2.38. The van der Waals surface area contributed by atoms with Crippen molar-refractivity contribution in [1.82, 2.24) is 0 Å². The fraction of sp³-hybridized carbons (Fsp3) is 0.133. The summed E-state index contributed by atoms with van der Waals surface area (Å²) < 4.78 is 26.9. The van der Waals surface area contributed by atoms with Gasteiger partial charge in [0.15, 0.2) is 0 Å². The molecule has 102 valence electrons. The fourth-order valence-corrected chi connectivity index (χ4v) is 2.77. The van der Waals surface area contributed by atoms with Gasteiger partial charge in [-0.05, 0) is 36.8 Å². The minimum Gasteiger partial charge on any atom is -0.280 e. The SMILES string of the molecule is Cc1ccc(NS(=O)(=O)c2ccc(CC#N)cc2)cc1. The standard InChI is InChI=1S/C15H14N2O2S/c1-12-2-6-14(7-3-12)17-20(18,19)15-8-4-13(5-9-15)10-11-16/h2-9,17H,10H2,1H3. The summed E-state index contributed by atoms with van der Waals surface area (Å²) in [5, 5.41) is 8.59. The van der Waals surface area contributed by atoms with Crippen LogP contribution < -0.4 is 4.72 Å². The van der Waals surface area contributed by atoms with Gasteiger partial charge in [-0.25, -0.2) is 8.42 Å². The van der Waals surface area contributed by atoms with E-state index in [1.807, 2.05) is 25.1 Å². The first kappa shape index (κ1) is 14.1. The van der Waals surface area contributed by atoms with E-state index in [0.29, 0.717) is 5.69 Å². The minimum atomic E-state index is -3.59. The number of hydrogen-bond acceptors (Lipinski definition) is 3. The van der Waals surface area contributed by atoms with Crippen molar-refractivity contribution < 1.29 is 8.42 Å². The summed E-state index contributed by atoms with van der Waals surface area (Å²) in [7, 11) is -3.59. The van der Waals surface area contributed by atoms with Crippen LogP contribution in [0.5, 0.6) is 0 Å². The molecule has 1 N–H and O–H groups in total. The van der Waals surface area contributed by atoms with Gasteiger partial charge in [0.05, 0.1) is 17.4 Å². The zero-order chi connectivity index (χ0) is 14.6. The Labute approximate surface area is 118 Å². The van der Waals surface area contributed by atoms with Crippen LogP contribution in [0.1, 0.15) is 11.1 Å². The van der Waals surface area contributed by atoms with Gasteiger partial charge in [0.25, 0.3) is 10.0 Å². The normalized spacial score (nSPS) is 10.8. The molecule has 0 amide bonds. The van der Waals surface area contributed by atoms with Crippen LogP contribution in [0.4, 0.5) is 5.69 Å². The Bertz CT molecular complexity index is 727. The molecule has 0 bridgehead atoms. The van der Waals surface area contributed by atoms with Crippen LogP contribution in [0.15, 0.2) is 53.4 Å². The highest BCUT2D eigenvalue weighted by molar-refractivity contribution is 7.92. The third-order valence-corrected chi connectivity index (χ3v) is 4.22. The Kier molecular flexibility index (Phi) is 4.06. The van der Waals surface area contributed by atoms with Gasteiger partial charge in [-0.1, -0.05) is 29.8 Å². The molecule has 2 aromatic carbocycles. The van der Waals surface area contributed by atoms with Crippen molar-refractivity contribution in [1.29, 1.82) is 5.26 Å². The maximum Gasteiger partial charge on any atom is 0.261 e. The molecule has 4 nitrogen and oxygen atoms in total. The molecule has 20 heavy (non-hydrogen) atoms. The molecule has 0 fully saturated rings. The number of benzene rings is 2. The molecule has 0 unspecified atom stereocenters. The summed E-state index contributed by atoms with van der Waals surface area (Å²) in [4.78, 5) is 0.180. The van der Waals surface area contributed by atoms with Gasteiger partial charge in [-0.2, -0.15) is 5.26 Å². The maximum absolute atomic E-state index is 12.2. The average Bonchev–Trinajstić information content (AvgIpc) is 2.42. The number of aryl methyl sites for hydroxylation is 1. The Balaban J connectivity index is 2.22. The first-order chi connectivity index (χ1) is 9.51. The fourth-order valence-electron chi connectivity index (χ4n) is 1.71. The molecule has 0 radical (unpaired) electrons. The van der Waals surface area contributed by atoms with Crippen LogP contribution in [-0.4, -0.2) is 8.42 Å². The number of hydrogen-bond donors (Lipinski definition) is 1. The van der Waals surface area contributed by atoms with Crippen LogP contribution in [0.3, 0.4) is 0 Å². The van der Waals surface area contributed by atoms with Crippen LogP contribution >= 0.6 is 0 Å². The summed E-state index contributed by atoms with van der Waals surface area (Å²) in [6, 6.07) is 15.4. The molecular weight excluding hydrogens is 272 g/mol. The lowest BCUT2D eigenvalue weighted by Gasteiger charge is -2.08. The zero-order valence-electron chi connectivity index (χ0n) is 11.0. The lowest BCUT2D eigenvalue weighted by molar-refractivity contribution is 0.601. The second kappa shape index (κ2) is 5.76. The first-order valence-corrected chi connectivity index (χ1v) is 7.55. The Hall–Kier alpha value is -2.32. The molecule has 0 aromatic heterocycles. The second-order valence-corrected chi connectivity index (χ2v) is 6.13. The van der Waals surface area contributed by atoms with E-state index in [1.165, 1.54) is 12.1 Å². The quantitative estimate of drug-likeness (QED) is 0.939. The predicted octanol–water partition coefficient (Wildman–Crippen LogP) is 2.86. The van der Waals surface area contributed by atoms with Gasteiger partial charge >= 0.3 is 0 Å². The molecule has 2 rings (SSSR count). The molecule has 0 heterocycles. The number of nitrogens with one attached hydrogen (secondary N) is 1. The summed E-state index contributed by atoms with van der Waals surface area (Å²) >= 11 is 0. The average molecular weight is 286 g/mol. The van der Waals surface area contributed by atoms with Gasteiger partial charge in [0.1, 0.15) is 0 Å². The summed E-state index contributed by atoms with van der Waals surface area (Å²) in [5.74, 6) is 0. The highest BCUT2D eigenvalue weighted by atomic mass is 32.2. The number of anilines is 1. The van der Waals surface area contributed by atoms with E-state index in [9.17, 15) is 8.42 Å². The molecule has 5 heteroatoms. The Morgan fingerprint density at radius 1 is 1.05 bits per heavy atom. The molecule has 0 saturated carbocycles. The van der Waals surface area contributed by atoms with Crippen LogP contribution in [0, 0.1) is 18.3 Å². The third-order valence-electron chi connectivity index (χ3n) is 2.82. The Morgan fingerprint density at radius 2 is 1.65 bits per heavy atom. The van der Waals surface area contributed by atoms with E-state index in [0.717, 1.165) is 11.1 Å². The molecular formula is C15H14N2O2S. The van der Waals surface area contributed by atoms with Crippen LogP contribution in [-0.2, 0) is 16.4 Å². The number of rotatable bonds is 4. The van der Waals surface area contributed by atoms with Crippen molar-refractivity contribution in [2.24, 2.45) is 0 Å². The van der Waals surface area contributed by atoms with E-state index in [2.05, 4.69) is 4.72 Å². The largest absolute Gasteiger partial charge is 0.280 e. The topological polar surface area (TPSA) is 70.0 Å². The minimum absolute atomic E-state index is 0.180. The highest BCUT2D eigenvalue weighted by Crippen LogP contribution is 2.17. The van der Waals surface area contributed by atoms with Gasteiger partial charge < -0.3 is 0 Å². The number of sulfonamides is 1. The van der Waals surface area contributed by atoms with Gasteiger partial charge in [0, 0.05) is 5.69 Å². The molecule has 0 spiro atoms. The number of nitriles is 1. The first-order valence-electron chi connectivity index (χ1n) is 6.07. The lowest BCUT2D eigenvalue weighted by Crippen LogP contribution is -2.12. The highest BCUT2D eigenvalue weighted by Gasteiger charge is 2.13. The van der Waals surface area contributed by atoms with Crippen molar-refractivity contribution in [2.75, 3.05) is 4.72 Å². The number of nitrogens with zero attached hydrogens (tertiary/aromatic N) is 1.